The molecule has 3 heteroatoms. The maximum atomic E-state index is 11.0. The van der Waals surface area contributed by atoms with Crippen LogP contribution in [0.25, 0.3) is 0 Å². The average Bonchev–Trinajstić information content (AvgIpc) is 2.26. The summed E-state index contributed by atoms with van der Waals surface area (Å²) in [5, 5.41) is 9.08. The number of rotatable bonds is 3. The van der Waals surface area contributed by atoms with Crippen molar-refractivity contribution in [3.63, 3.8) is 0 Å². The number of nitrogens with zero attached hydrogens (tertiary/aromatic N) is 1. The fraction of sp³-hybridized carbons (Fsp3) is 0.625. The third kappa shape index (κ3) is 2.05. The summed E-state index contributed by atoms with van der Waals surface area (Å²) in [5.74, 6) is 0.0550. The van der Waals surface area contributed by atoms with Crippen LogP contribution >= 0.6 is 0 Å². The zero-order valence-electron chi connectivity index (χ0n) is 6.49. The summed E-state index contributed by atoms with van der Waals surface area (Å²) in [4.78, 5) is 12.7. The monoisotopic (exact) mass is 155 g/mol. The summed E-state index contributed by atoms with van der Waals surface area (Å²) in [6, 6.07) is 0. The van der Waals surface area contributed by atoms with Gasteiger partial charge in [-0.25, -0.2) is 0 Å². The quantitative estimate of drug-likeness (QED) is 0.589. The molecule has 1 heterocycles. The standard InChI is InChI=1S/C8H13NO2/c1-2-3-4-9-6-7(10)5-8(9)11/h2,7,10H,1,3-6H2. The van der Waals surface area contributed by atoms with E-state index in [-0.39, 0.29) is 12.3 Å². The van der Waals surface area contributed by atoms with Crippen LogP contribution in [0.1, 0.15) is 12.8 Å². The van der Waals surface area contributed by atoms with Crippen molar-refractivity contribution in [2.45, 2.75) is 18.9 Å². The van der Waals surface area contributed by atoms with Gasteiger partial charge in [-0.15, -0.1) is 6.58 Å². The first-order valence-electron chi connectivity index (χ1n) is 3.80. The second-order valence-electron chi connectivity index (χ2n) is 2.78. The Bertz CT molecular complexity index is 167. The van der Waals surface area contributed by atoms with Gasteiger partial charge >= 0.3 is 0 Å². The molecule has 1 aliphatic heterocycles. The number of aliphatic hydroxyl groups is 1. The number of β-amino-alcohol motifs (C(OH)–C–C–N with tert-alkyl or cyclic N) is 1. The van der Waals surface area contributed by atoms with Gasteiger partial charge in [-0.05, 0) is 6.42 Å². The highest BCUT2D eigenvalue weighted by Gasteiger charge is 2.26. The summed E-state index contributed by atoms with van der Waals surface area (Å²) in [7, 11) is 0. The lowest BCUT2D eigenvalue weighted by atomic mass is 10.3. The highest BCUT2D eigenvalue weighted by Crippen LogP contribution is 2.10. The van der Waals surface area contributed by atoms with E-state index in [1.54, 1.807) is 11.0 Å². The van der Waals surface area contributed by atoms with Gasteiger partial charge in [-0.1, -0.05) is 6.08 Å². The summed E-state index contributed by atoms with van der Waals surface area (Å²) < 4.78 is 0. The fourth-order valence-electron chi connectivity index (χ4n) is 1.21. The normalized spacial score (nSPS) is 24.3. The van der Waals surface area contributed by atoms with Crippen molar-refractivity contribution in [3.05, 3.63) is 12.7 Å². The molecule has 11 heavy (non-hydrogen) atoms. The van der Waals surface area contributed by atoms with E-state index in [1.807, 2.05) is 0 Å². The second kappa shape index (κ2) is 3.53. The number of hydrogen-bond donors (Lipinski definition) is 1. The SMILES string of the molecule is C=CCCN1CC(O)CC1=O. The van der Waals surface area contributed by atoms with Crippen LogP contribution in [0.5, 0.6) is 0 Å². The molecule has 1 fully saturated rings. The van der Waals surface area contributed by atoms with Gasteiger partial charge in [0.15, 0.2) is 0 Å². The largest absolute Gasteiger partial charge is 0.391 e. The predicted octanol–water partition coefficient (Wildman–Crippen LogP) is 0.156. The highest BCUT2D eigenvalue weighted by molar-refractivity contribution is 5.78. The van der Waals surface area contributed by atoms with E-state index in [9.17, 15) is 4.79 Å². The van der Waals surface area contributed by atoms with Crippen LogP contribution in [-0.4, -0.2) is 35.1 Å². The molecule has 1 amide bonds. The molecule has 0 aromatic heterocycles. The van der Waals surface area contributed by atoms with Crippen molar-refractivity contribution in [2.24, 2.45) is 0 Å². The number of hydrogen-bond acceptors (Lipinski definition) is 2. The molecule has 1 aliphatic rings. The highest BCUT2D eigenvalue weighted by atomic mass is 16.3. The van der Waals surface area contributed by atoms with Gasteiger partial charge in [0.1, 0.15) is 0 Å². The maximum absolute atomic E-state index is 11.0. The van der Waals surface area contributed by atoms with E-state index in [2.05, 4.69) is 6.58 Å². The van der Waals surface area contributed by atoms with Crippen molar-refractivity contribution < 1.29 is 9.90 Å². The van der Waals surface area contributed by atoms with Crippen molar-refractivity contribution in [1.29, 1.82) is 0 Å². The van der Waals surface area contributed by atoms with Crippen LogP contribution in [0.15, 0.2) is 12.7 Å². The predicted molar refractivity (Wildman–Crippen MR) is 42.0 cm³/mol. The minimum Gasteiger partial charge on any atom is -0.391 e. The van der Waals surface area contributed by atoms with Gasteiger partial charge in [-0.3, -0.25) is 4.79 Å². The topological polar surface area (TPSA) is 40.5 Å². The molecule has 0 aromatic rings. The van der Waals surface area contributed by atoms with E-state index < -0.39 is 6.10 Å². The zero-order chi connectivity index (χ0) is 8.27. The molecule has 1 unspecified atom stereocenters. The maximum Gasteiger partial charge on any atom is 0.225 e. The summed E-state index contributed by atoms with van der Waals surface area (Å²) >= 11 is 0. The first-order chi connectivity index (χ1) is 5.24. The molecule has 0 saturated carbocycles. The van der Waals surface area contributed by atoms with Crippen molar-refractivity contribution in [3.8, 4) is 0 Å². The van der Waals surface area contributed by atoms with Crippen molar-refractivity contribution >= 4 is 5.91 Å². The first-order valence-corrected chi connectivity index (χ1v) is 3.80. The van der Waals surface area contributed by atoms with E-state index in [4.69, 9.17) is 5.11 Å². The Kier molecular flexibility index (Phi) is 2.65. The Morgan fingerprint density at radius 2 is 2.55 bits per heavy atom. The molecular formula is C8H13NO2. The van der Waals surface area contributed by atoms with E-state index in [1.165, 1.54) is 0 Å². The van der Waals surface area contributed by atoms with Crippen molar-refractivity contribution in [2.75, 3.05) is 13.1 Å². The van der Waals surface area contributed by atoms with Gasteiger partial charge in [0.2, 0.25) is 5.91 Å². The Balaban J connectivity index is 2.34. The molecular weight excluding hydrogens is 142 g/mol. The van der Waals surface area contributed by atoms with Crippen LogP contribution < -0.4 is 0 Å². The molecule has 0 aliphatic carbocycles. The van der Waals surface area contributed by atoms with Gasteiger partial charge in [0, 0.05) is 13.1 Å². The summed E-state index contributed by atoms with van der Waals surface area (Å²) in [5.41, 5.74) is 0. The van der Waals surface area contributed by atoms with Crippen LogP contribution in [-0.2, 0) is 4.79 Å². The smallest absolute Gasteiger partial charge is 0.225 e. The number of carbonyl (C=O) groups excluding carboxylic acids is 1. The van der Waals surface area contributed by atoms with E-state index in [0.29, 0.717) is 13.1 Å². The fourth-order valence-corrected chi connectivity index (χ4v) is 1.21. The van der Waals surface area contributed by atoms with Crippen LogP contribution in [0, 0.1) is 0 Å². The third-order valence-electron chi connectivity index (χ3n) is 1.80. The van der Waals surface area contributed by atoms with Gasteiger partial charge in [-0.2, -0.15) is 0 Å². The van der Waals surface area contributed by atoms with Crippen LogP contribution in [0.4, 0.5) is 0 Å². The van der Waals surface area contributed by atoms with E-state index in [0.717, 1.165) is 6.42 Å². The Morgan fingerprint density at radius 1 is 1.82 bits per heavy atom. The molecule has 62 valence electrons. The molecule has 1 N–H and O–H groups in total. The molecule has 1 rings (SSSR count). The number of aliphatic hydroxyl groups excluding tert-OH is 1. The van der Waals surface area contributed by atoms with Crippen LogP contribution in [0.3, 0.4) is 0 Å². The van der Waals surface area contributed by atoms with Gasteiger partial charge in [0.25, 0.3) is 0 Å². The number of likely N-dealkylation sites (tertiary alicyclic amines) is 1. The first kappa shape index (κ1) is 8.27. The molecule has 0 bridgehead atoms. The Morgan fingerprint density at radius 3 is 3.00 bits per heavy atom. The van der Waals surface area contributed by atoms with E-state index >= 15 is 0 Å². The molecule has 0 aromatic carbocycles. The second-order valence-corrected chi connectivity index (χ2v) is 2.78. The average molecular weight is 155 g/mol. The van der Waals surface area contributed by atoms with Crippen molar-refractivity contribution in [1.82, 2.24) is 4.90 Å². The van der Waals surface area contributed by atoms with Gasteiger partial charge in [0.05, 0.1) is 12.5 Å². The third-order valence-corrected chi connectivity index (χ3v) is 1.80. The molecule has 0 spiro atoms. The molecule has 1 atom stereocenters. The molecule has 3 nitrogen and oxygen atoms in total. The van der Waals surface area contributed by atoms with Crippen LogP contribution in [0.2, 0.25) is 0 Å². The summed E-state index contributed by atoms with van der Waals surface area (Å²) in [6.45, 7) is 4.75. The zero-order valence-corrected chi connectivity index (χ0v) is 6.49. The number of carbonyl (C=O) groups is 1. The lowest BCUT2D eigenvalue weighted by Crippen LogP contribution is -2.26. The lowest BCUT2D eigenvalue weighted by Gasteiger charge is -2.13. The number of amides is 1. The summed E-state index contributed by atoms with van der Waals surface area (Å²) in [6.07, 6.45) is 2.42. The Labute approximate surface area is 66.3 Å². The van der Waals surface area contributed by atoms with Gasteiger partial charge < -0.3 is 10.0 Å². The minimum absolute atomic E-state index is 0.0550. The Hall–Kier alpha value is -0.830. The molecule has 0 radical (unpaired) electrons. The minimum atomic E-state index is -0.452. The molecule has 1 saturated heterocycles. The lowest BCUT2D eigenvalue weighted by molar-refractivity contribution is -0.127.